The number of amides is 1. The van der Waals surface area contributed by atoms with Crippen LogP contribution in [0.25, 0.3) is 22.8 Å². The van der Waals surface area contributed by atoms with Crippen molar-refractivity contribution in [1.82, 2.24) is 25.0 Å². The van der Waals surface area contributed by atoms with E-state index in [4.69, 9.17) is 15.7 Å². The molecule has 0 spiro atoms. The van der Waals surface area contributed by atoms with E-state index in [0.29, 0.717) is 41.9 Å². The summed E-state index contributed by atoms with van der Waals surface area (Å²) in [4.78, 5) is 27.3. The zero-order valence-corrected chi connectivity index (χ0v) is 17.9. The molecule has 0 aromatic carbocycles. The van der Waals surface area contributed by atoms with Gasteiger partial charge >= 0.3 is 0 Å². The molecule has 0 aliphatic carbocycles. The summed E-state index contributed by atoms with van der Waals surface area (Å²) >= 11 is 0. The SMILES string of the molecule is C#C[C@H]1OCC[C@@H]1Nc1nccc(-c2cccc(-c3cc([C@]4(O)CCN(C)C4=O)on3)n2)n1. The highest BCUT2D eigenvalue weighted by molar-refractivity contribution is 5.87. The molecule has 3 aromatic heterocycles. The molecule has 1 amide bonds. The van der Waals surface area contributed by atoms with Gasteiger partial charge in [0.25, 0.3) is 5.91 Å². The van der Waals surface area contributed by atoms with E-state index in [1.54, 1.807) is 31.4 Å². The Bertz CT molecular complexity index is 1240. The summed E-state index contributed by atoms with van der Waals surface area (Å²) in [6.45, 7) is 1.03. The molecule has 5 rings (SSSR count). The second-order valence-corrected chi connectivity index (χ2v) is 8.08. The lowest BCUT2D eigenvalue weighted by Gasteiger charge is -2.16. The van der Waals surface area contributed by atoms with Gasteiger partial charge < -0.3 is 24.6 Å². The zero-order chi connectivity index (χ0) is 23.0. The minimum Gasteiger partial charge on any atom is -0.373 e. The standard InChI is InChI=1S/C23H22N6O4/c1-3-19-17(8-12-32-19)27-22-24-10-7-16(26-22)14-5-4-6-15(25-14)18-13-20(33-28-18)23(31)9-11-29(2)21(23)30/h1,4-7,10,13,17,19,31H,8-9,11-12H2,2H3,(H,24,26,27)/t17-,19+,23+/m0/s1. The molecule has 0 unspecified atom stereocenters. The number of nitrogens with one attached hydrogen (secondary N) is 1. The molecule has 0 radical (unpaired) electrons. The number of rotatable bonds is 5. The van der Waals surface area contributed by atoms with Crippen molar-refractivity contribution in [2.45, 2.75) is 30.6 Å². The van der Waals surface area contributed by atoms with Crippen LogP contribution >= 0.6 is 0 Å². The third-order valence-corrected chi connectivity index (χ3v) is 5.93. The number of aromatic nitrogens is 4. The second kappa shape index (κ2) is 8.27. The third kappa shape index (κ3) is 3.82. The number of hydrogen-bond donors (Lipinski definition) is 2. The van der Waals surface area contributed by atoms with E-state index in [1.165, 1.54) is 4.90 Å². The number of likely N-dealkylation sites (N-methyl/N-ethyl adjacent to an activating group) is 1. The van der Waals surface area contributed by atoms with Crippen molar-refractivity contribution in [3.63, 3.8) is 0 Å². The smallest absolute Gasteiger partial charge is 0.262 e. The summed E-state index contributed by atoms with van der Waals surface area (Å²) in [5.41, 5.74) is 0.449. The van der Waals surface area contributed by atoms with Gasteiger partial charge in [-0.3, -0.25) is 4.79 Å². The first kappa shape index (κ1) is 21.1. The highest BCUT2D eigenvalue weighted by Gasteiger charge is 2.48. The van der Waals surface area contributed by atoms with Gasteiger partial charge in [-0.15, -0.1) is 6.42 Å². The van der Waals surface area contributed by atoms with Crippen molar-refractivity contribution in [1.29, 1.82) is 0 Å². The molecule has 2 saturated heterocycles. The monoisotopic (exact) mass is 446 g/mol. The first-order chi connectivity index (χ1) is 16.0. The lowest BCUT2D eigenvalue weighted by Crippen LogP contribution is -2.35. The summed E-state index contributed by atoms with van der Waals surface area (Å²) in [5, 5.41) is 18.1. The van der Waals surface area contributed by atoms with Gasteiger partial charge in [0.2, 0.25) is 11.5 Å². The van der Waals surface area contributed by atoms with E-state index in [0.717, 1.165) is 6.42 Å². The van der Waals surface area contributed by atoms with Crippen molar-refractivity contribution in [2.75, 3.05) is 25.5 Å². The number of ether oxygens (including phenoxy) is 1. The Morgan fingerprint density at radius 1 is 1.24 bits per heavy atom. The Morgan fingerprint density at radius 3 is 2.79 bits per heavy atom. The summed E-state index contributed by atoms with van der Waals surface area (Å²) in [7, 11) is 1.64. The zero-order valence-electron chi connectivity index (χ0n) is 17.9. The number of terminal acetylenes is 1. The van der Waals surface area contributed by atoms with E-state index in [-0.39, 0.29) is 24.3 Å². The maximum Gasteiger partial charge on any atom is 0.262 e. The molecular formula is C23H22N6O4. The molecule has 10 nitrogen and oxygen atoms in total. The minimum absolute atomic E-state index is 0.0544. The first-order valence-electron chi connectivity index (χ1n) is 10.6. The molecule has 2 N–H and O–H groups in total. The van der Waals surface area contributed by atoms with Crippen molar-refractivity contribution in [3.05, 3.63) is 42.3 Å². The summed E-state index contributed by atoms with van der Waals surface area (Å²) in [5.74, 6) is 2.76. The number of anilines is 1. The number of hydrogen-bond acceptors (Lipinski definition) is 9. The van der Waals surface area contributed by atoms with Crippen LogP contribution in [0.4, 0.5) is 5.95 Å². The Morgan fingerprint density at radius 2 is 2.03 bits per heavy atom. The molecule has 168 valence electrons. The predicted octanol–water partition coefficient (Wildman–Crippen LogP) is 1.45. The fourth-order valence-electron chi connectivity index (χ4n) is 4.03. The van der Waals surface area contributed by atoms with Crippen LogP contribution in [0, 0.1) is 12.3 Å². The number of carbonyl (C=O) groups excluding carboxylic acids is 1. The fraction of sp³-hybridized carbons (Fsp3) is 0.348. The van der Waals surface area contributed by atoms with Gasteiger partial charge in [-0.05, 0) is 24.6 Å². The summed E-state index contributed by atoms with van der Waals surface area (Å²) in [6, 6.07) is 8.67. The van der Waals surface area contributed by atoms with Crippen LogP contribution in [0.3, 0.4) is 0 Å². The van der Waals surface area contributed by atoms with Crippen LogP contribution in [0.15, 0.2) is 41.1 Å². The van der Waals surface area contributed by atoms with Gasteiger partial charge in [-0.2, -0.15) is 0 Å². The van der Waals surface area contributed by atoms with Crippen LogP contribution < -0.4 is 5.32 Å². The molecule has 2 aliphatic heterocycles. The molecule has 2 fully saturated rings. The van der Waals surface area contributed by atoms with Gasteiger partial charge in [0.05, 0.1) is 29.7 Å². The number of aliphatic hydroxyl groups is 1. The van der Waals surface area contributed by atoms with Crippen molar-refractivity contribution in [3.8, 4) is 35.1 Å². The van der Waals surface area contributed by atoms with E-state index in [9.17, 15) is 9.90 Å². The fourth-order valence-corrected chi connectivity index (χ4v) is 4.03. The normalized spacial score (nSPS) is 24.8. The Balaban J connectivity index is 1.39. The quantitative estimate of drug-likeness (QED) is 0.560. The van der Waals surface area contributed by atoms with Crippen LogP contribution in [0.5, 0.6) is 0 Å². The maximum absolute atomic E-state index is 12.3. The maximum atomic E-state index is 12.3. The van der Waals surface area contributed by atoms with Gasteiger partial charge in [-0.1, -0.05) is 17.1 Å². The molecule has 5 heterocycles. The van der Waals surface area contributed by atoms with E-state index in [2.05, 4.69) is 31.3 Å². The summed E-state index contributed by atoms with van der Waals surface area (Å²) < 4.78 is 10.8. The number of likely N-dealkylation sites (tertiary alicyclic amines) is 1. The van der Waals surface area contributed by atoms with Crippen molar-refractivity contribution in [2.24, 2.45) is 0 Å². The van der Waals surface area contributed by atoms with Gasteiger partial charge in [0.15, 0.2) is 5.76 Å². The molecule has 33 heavy (non-hydrogen) atoms. The van der Waals surface area contributed by atoms with Crippen LogP contribution in [0.1, 0.15) is 18.6 Å². The molecule has 3 aromatic rings. The number of carbonyl (C=O) groups is 1. The van der Waals surface area contributed by atoms with Crippen LogP contribution in [0.2, 0.25) is 0 Å². The van der Waals surface area contributed by atoms with Gasteiger partial charge in [-0.25, -0.2) is 15.0 Å². The molecular weight excluding hydrogens is 424 g/mol. The van der Waals surface area contributed by atoms with Crippen molar-refractivity contribution < 1.29 is 19.2 Å². The highest BCUT2D eigenvalue weighted by Crippen LogP contribution is 2.34. The largest absolute Gasteiger partial charge is 0.373 e. The third-order valence-electron chi connectivity index (χ3n) is 5.93. The molecule has 0 bridgehead atoms. The number of pyridine rings is 1. The lowest BCUT2D eigenvalue weighted by atomic mass is 9.98. The van der Waals surface area contributed by atoms with E-state index < -0.39 is 11.5 Å². The predicted molar refractivity (Wildman–Crippen MR) is 118 cm³/mol. The first-order valence-corrected chi connectivity index (χ1v) is 10.6. The van der Waals surface area contributed by atoms with Crippen molar-refractivity contribution >= 4 is 11.9 Å². The minimum atomic E-state index is -1.70. The van der Waals surface area contributed by atoms with Crippen LogP contribution in [-0.4, -0.2) is 68.4 Å². The Labute approximate surface area is 190 Å². The Hall–Kier alpha value is -3.81. The summed E-state index contributed by atoms with van der Waals surface area (Å²) in [6.07, 6.45) is 7.86. The average molecular weight is 446 g/mol. The van der Waals surface area contributed by atoms with E-state index >= 15 is 0 Å². The molecule has 0 saturated carbocycles. The van der Waals surface area contributed by atoms with Gasteiger partial charge in [0.1, 0.15) is 11.8 Å². The topological polar surface area (TPSA) is 126 Å². The highest BCUT2D eigenvalue weighted by atomic mass is 16.5. The van der Waals surface area contributed by atoms with Gasteiger partial charge in [0, 0.05) is 32.3 Å². The van der Waals surface area contributed by atoms with E-state index in [1.807, 2.05) is 12.1 Å². The second-order valence-electron chi connectivity index (χ2n) is 8.08. The van der Waals surface area contributed by atoms with Crippen LogP contribution in [-0.2, 0) is 15.1 Å². The Kier molecular flexibility index (Phi) is 5.28. The molecule has 3 atom stereocenters. The molecule has 2 aliphatic rings. The lowest BCUT2D eigenvalue weighted by molar-refractivity contribution is -0.144. The molecule has 10 heteroatoms. The average Bonchev–Trinajstić information content (AvgIpc) is 3.57. The number of nitrogens with zero attached hydrogens (tertiary/aromatic N) is 5.